The first-order valence-electron chi connectivity index (χ1n) is 3.57. The van der Waals surface area contributed by atoms with Crippen LogP contribution in [0.3, 0.4) is 0 Å². The zero-order chi connectivity index (χ0) is 9.19. The molecule has 1 aromatic heterocycles. The minimum Gasteiger partial charge on any atom is -0.253 e. The Morgan fingerprint density at radius 2 is 2.33 bits per heavy atom. The van der Waals surface area contributed by atoms with Crippen LogP contribution >= 0.6 is 0 Å². The maximum atomic E-state index is 11.3. The molecular formula is C6H11N3O2S. The first kappa shape index (κ1) is 9.21. The van der Waals surface area contributed by atoms with Gasteiger partial charge < -0.3 is 0 Å². The van der Waals surface area contributed by atoms with E-state index in [1.165, 1.54) is 24.0 Å². The Bertz CT molecular complexity index is 355. The molecule has 0 bridgehead atoms. The topological polar surface area (TPSA) is 64.0 Å². The monoisotopic (exact) mass is 189 g/mol. The summed E-state index contributed by atoms with van der Waals surface area (Å²) in [7, 11) is -1.97. The first-order chi connectivity index (χ1) is 5.61. The Morgan fingerprint density at radius 3 is 2.83 bits per heavy atom. The van der Waals surface area contributed by atoms with Gasteiger partial charge in [0.2, 0.25) is 0 Å². The van der Waals surface area contributed by atoms with Gasteiger partial charge in [-0.1, -0.05) is 0 Å². The molecule has 0 fully saturated rings. The van der Waals surface area contributed by atoms with Gasteiger partial charge in [0.25, 0.3) is 10.0 Å². The molecule has 1 heterocycles. The maximum absolute atomic E-state index is 11.3. The Labute approximate surface area is 71.4 Å². The molecule has 0 aliphatic rings. The molecule has 68 valence electrons. The minimum atomic E-state index is -3.35. The van der Waals surface area contributed by atoms with Crippen molar-refractivity contribution < 1.29 is 8.42 Å². The fourth-order valence-corrected chi connectivity index (χ4v) is 1.79. The summed E-state index contributed by atoms with van der Waals surface area (Å²) in [5.74, 6) is 0. The molecule has 0 spiro atoms. The van der Waals surface area contributed by atoms with Crippen LogP contribution in [0.1, 0.15) is 6.92 Å². The van der Waals surface area contributed by atoms with Crippen molar-refractivity contribution in [2.45, 2.75) is 18.5 Å². The lowest BCUT2D eigenvalue weighted by molar-refractivity contribution is 0.548. The second kappa shape index (κ2) is 3.24. The summed E-state index contributed by atoms with van der Waals surface area (Å²) in [6, 6.07) is 1.47. The molecule has 0 unspecified atom stereocenters. The molecule has 0 aromatic carbocycles. The molecule has 0 saturated carbocycles. The third-order valence-electron chi connectivity index (χ3n) is 1.52. The SMILES string of the molecule is CCn1nccc1S(=O)(=O)NC. The second-order valence-electron chi connectivity index (χ2n) is 2.19. The number of nitrogens with one attached hydrogen (secondary N) is 1. The minimum absolute atomic E-state index is 0.201. The van der Waals surface area contributed by atoms with Gasteiger partial charge in [0.05, 0.1) is 6.20 Å². The zero-order valence-corrected chi connectivity index (χ0v) is 7.80. The smallest absolute Gasteiger partial charge is 0.253 e. The van der Waals surface area contributed by atoms with Crippen LogP contribution in [0, 0.1) is 0 Å². The van der Waals surface area contributed by atoms with Gasteiger partial charge >= 0.3 is 0 Å². The lowest BCUT2D eigenvalue weighted by atomic mass is 10.7. The molecule has 1 N–H and O–H groups in total. The third kappa shape index (κ3) is 1.49. The first-order valence-corrected chi connectivity index (χ1v) is 5.05. The quantitative estimate of drug-likeness (QED) is 0.717. The largest absolute Gasteiger partial charge is 0.257 e. The highest BCUT2D eigenvalue weighted by Gasteiger charge is 2.15. The lowest BCUT2D eigenvalue weighted by Gasteiger charge is -2.03. The number of rotatable bonds is 3. The van der Waals surface area contributed by atoms with Crippen LogP contribution < -0.4 is 4.72 Å². The highest BCUT2D eigenvalue weighted by atomic mass is 32.2. The van der Waals surface area contributed by atoms with E-state index in [1.54, 1.807) is 0 Å². The van der Waals surface area contributed by atoms with E-state index in [4.69, 9.17) is 0 Å². The predicted molar refractivity (Wildman–Crippen MR) is 44.1 cm³/mol. The Balaban J connectivity index is 3.19. The van der Waals surface area contributed by atoms with Gasteiger partial charge in [0.15, 0.2) is 5.03 Å². The van der Waals surface area contributed by atoms with Crippen LogP contribution in [-0.4, -0.2) is 25.2 Å². The molecule has 12 heavy (non-hydrogen) atoms. The average Bonchev–Trinajstić information content (AvgIpc) is 2.52. The van der Waals surface area contributed by atoms with E-state index in [0.29, 0.717) is 6.54 Å². The number of aromatic nitrogens is 2. The average molecular weight is 189 g/mol. The van der Waals surface area contributed by atoms with Gasteiger partial charge in [0.1, 0.15) is 0 Å². The van der Waals surface area contributed by atoms with Crippen molar-refractivity contribution in [3.05, 3.63) is 12.3 Å². The van der Waals surface area contributed by atoms with Gasteiger partial charge in [-0.2, -0.15) is 5.10 Å². The van der Waals surface area contributed by atoms with Gasteiger partial charge in [-0.15, -0.1) is 0 Å². The molecule has 1 aromatic rings. The zero-order valence-electron chi connectivity index (χ0n) is 6.98. The van der Waals surface area contributed by atoms with E-state index in [1.807, 2.05) is 6.92 Å². The molecule has 0 radical (unpaired) electrons. The van der Waals surface area contributed by atoms with Crippen LogP contribution in [0.15, 0.2) is 17.3 Å². The molecule has 1 rings (SSSR count). The Hall–Kier alpha value is -0.880. The van der Waals surface area contributed by atoms with Crippen molar-refractivity contribution in [1.29, 1.82) is 0 Å². The van der Waals surface area contributed by atoms with Crippen molar-refractivity contribution in [3.8, 4) is 0 Å². The van der Waals surface area contributed by atoms with Crippen molar-refractivity contribution in [1.82, 2.24) is 14.5 Å². The second-order valence-corrected chi connectivity index (χ2v) is 4.03. The van der Waals surface area contributed by atoms with Crippen molar-refractivity contribution >= 4 is 10.0 Å². The number of hydrogen-bond acceptors (Lipinski definition) is 3. The summed E-state index contributed by atoms with van der Waals surface area (Å²) in [6.07, 6.45) is 1.47. The van der Waals surface area contributed by atoms with Gasteiger partial charge in [-0.25, -0.2) is 13.1 Å². The summed E-state index contributed by atoms with van der Waals surface area (Å²) >= 11 is 0. The van der Waals surface area contributed by atoms with E-state index >= 15 is 0 Å². The highest BCUT2D eigenvalue weighted by molar-refractivity contribution is 7.89. The van der Waals surface area contributed by atoms with E-state index < -0.39 is 10.0 Å². The van der Waals surface area contributed by atoms with Gasteiger partial charge in [0, 0.05) is 6.54 Å². The molecule has 0 aliphatic carbocycles. The third-order valence-corrected chi connectivity index (χ3v) is 2.96. The summed E-state index contributed by atoms with van der Waals surface area (Å²) in [5.41, 5.74) is 0. The van der Waals surface area contributed by atoms with E-state index in [9.17, 15) is 8.42 Å². The Morgan fingerprint density at radius 1 is 1.67 bits per heavy atom. The molecule has 0 saturated heterocycles. The van der Waals surface area contributed by atoms with Crippen LogP contribution in [0.2, 0.25) is 0 Å². The summed E-state index contributed by atoms with van der Waals surface area (Å²) in [6.45, 7) is 2.38. The molecule has 6 heteroatoms. The molecule has 0 amide bonds. The maximum Gasteiger partial charge on any atom is 0.257 e. The van der Waals surface area contributed by atoms with Crippen LogP contribution in [0.4, 0.5) is 0 Å². The standard InChI is InChI=1S/C6H11N3O2S/c1-3-9-6(4-5-8-9)12(10,11)7-2/h4-5,7H,3H2,1-2H3. The molecule has 0 aliphatic heterocycles. The number of sulfonamides is 1. The summed E-state index contributed by atoms with van der Waals surface area (Å²) in [4.78, 5) is 0. The fraction of sp³-hybridized carbons (Fsp3) is 0.500. The summed E-state index contributed by atoms with van der Waals surface area (Å²) in [5, 5.41) is 4.05. The predicted octanol–water partition coefficient (Wildman–Crippen LogP) is -0.189. The van der Waals surface area contributed by atoms with Crippen LogP contribution in [-0.2, 0) is 16.6 Å². The Kier molecular flexibility index (Phi) is 2.49. The van der Waals surface area contributed by atoms with Crippen LogP contribution in [0.25, 0.3) is 0 Å². The number of nitrogens with zero attached hydrogens (tertiary/aromatic N) is 2. The van der Waals surface area contributed by atoms with Crippen molar-refractivity contribution in [2.24, 2.45) is 0 Å². The number of aryl methyl sites for hydroxylation is 1. The molecular weight excluding hydrogens is 178 g/mol. The normalized spacial score (nSPS) is 11.8. The van der Waals surface area contributed by atoms with Crippen molar-refractivity contribution in [2.75, 3.05) is 7.05 Å². The molecule has 5 nitrogen and oxygen atoms in total. The fourth-order valence-electron chi connectivity index (χ4n) is 0.891. The van der Waals surface area contributed by atoms with Crippen LogP contribution in [0.5, 0.6) is 0 Å². The van der Waals surface area contributed by atoms with Gasteiger partial charge in [-0.3, -0.25) is 4.68 Å². The highest BCUT2D eigenvalue weighted by Crippen LogP contribution is 2.05. The number of hydrogen-bond donors (Lipinski definition) is 1. The van der Waals surface area contributed by atoms with Crippen molar-refractivity contribution in [3.63, 3.8) is 0 Å². The summed E-state index contributed by atoms with van der Waals surface area (Å²) < 4.78 is 26.2. The van der Waals surface area contributed by atoms with E-state index in [-0.39, 0.29) is 5.03 Å². The van der Waals surface area contributed by atoms with E-state index in [2.05, 4.69) is 9.82 Å². The molecule has 0 atom stereocenters. The lowest BCUT2D eigenvalue weighted by Crippen LogP contribution is -2.22. The van der Waals surface area contributed by atoms with Gasteiger partial charge in [-0.05, 0) is 20.0 Å². The van der Waals surface area contributed by atoms with E-state index in [0.717, 1.165) is 0 Å².